The summed E-state index contributed by atoms with van der Waals surface area (Å²) in [7, 11) is 0. The summed E-state index contributed by atoms with van der Waals surface area (Å²) in [4.78, 5) is 11.7. The first-order valence-electron chi connectivity index (χ1n) is 5.86. The fraction of sp³-hybridized carbons (Fsp3) is 0.250. The van der Waals surface area contributed by atoms with E-state index in [2.05, 4.69) is 21.3 Å². The van der Waals surface area contributed by atoms with Gasteiger partial charge >= 0.3 is 0 Å². The number of nitrogens with one attached hydrogen (secondary N) is 3. The topological polar surface area (TPSA) is 79.2 Å². The van der Waals surface area contributed by atoms with E-state index in [0.717, 1.165) is 5.39 Å². The average Bonchev–Trinajstić information content (AvgIpc) is 2.80. The van der Waals surface area contributed by atoms with Crippen molar-refractivity contribution in [2.45, 2.75) is 13.3 Å². The number of fused-ring (bicyclic) bond motifs is 1. The second-order valence-electron chi connectivity index (χ2n) is 3.83. The van der Waals surface area contributed by atoms with Crippen LogP contribution in [0.1, 0.15) is 12.6 Å². The number of hydrogen-bond donors (Lipinski definition) is 3. The van der Waals surface area contributed by atoms with E-state index in [1.54, 1.807) is 0 Å². The van der Waals surface area contributed by atoms with Gasteiger partial charge in [-0.05, 0) is 31.3 Å². The maximum atomic E-state index is 11.7. The zero-order valence-electron chi connectivity index (χ0n) is 10.4. The smallest absolute Gasteiger partial charge is 0.244 e. The maximum Gasteiger partial charge on any atom is 0.244 e. The fourth-order valence-corrected chi connectivity index (χ4v) is 1.79. The lowest BCUT2D eigenvalue weighted by Gasteiger charge is -2.09. The van der Waals surface area contributed by atoms with Gasteiger partial charge in [-0.15, -0.1) is 0 Å². The van der Waals surface area contributed by atoms with E-state index in [9.17, 15) is 4.79 Å². The maximum absolute atomic E-state index is 11.7. The summed E-state index contributed by atoms with van der Waals surface area (Å²) in [5.74, 6) is -0.237. The molecule has 0 fully saturated rings. The van der Waals surface area contributed by atoms with Crippen molar-refractivity contribution >= 4 is 34.2 Å². The van der Waals surface area contributed by atoms with Gasteiger partial charge in [0.2, 0.25) is 5.91 Å². The second kappa shape index (κ2) is 6.14. The third kappa shape index (κ3) is 3.41. The van der Waals surface area contributed by atoms with E-state index in [1.165, 1.54) is 0 Å². The van der Waals surface area contributed by atoms with Crippen LogP contribution in [0.2, 0.25) is 0 Å². The zero-order valence-corrected chi connectivity index (χ0v) is 11.2. The molecule has 0 atom stereocenters. The van der Waals surface area contributed by atoms with E-state index in [-0.39, 0.29) is 12.3 Å². The lowest BCUT2D eigenvalue weighted by molar-refractivity contribution is -0.121. The Kier molecular flexibility index (Phi) is 4.30. The molecule has 1 aromatic heterocycles. The third-order valence-corrected chi connectivity index (χ3v) is 2.68. The van der Waals surface area contributed by atoms with Crippen molar-refractivity contribution in [3.8, 4) is 0 Å². The van der Waals surface area contributed by atoms with Crippen LogP contribution in [0.4, 0.5) is 0 Å². The van der Waals surface area contributed by atoms with Gasteiger partial charge in [0, 0.05) is 11.9 Å². The SMILES string of the molecule is CCNC(=S)NNC(=O)Cc1noc2ccccc12. The molecule has 19 heavy (non-hydrogen) atoms. The minimum Gasteiger partial charge on any atom is -0.362 e. The summed E-state index contributed by atoms with van der Waals surface area (Å²) < 4.78 is 5.13. The molecule has 2 rings (SSSR count). The summed E-state index contributed by atoms with van der Waals surface area (Å²) in [6, 6.07) is 7.40. The molecular weight excluding hydrogens is 264 g/mol. The van der Waals surface area contributed by atoms with Gasteiger partial charge in [-0.25, -0.2) is 0 Å². The van der Waals surface area contributed by atoms with Gasteiger partial charge in [-0.2, -0.15) is 0 Å². The van der Waals surface area contributed by atoms with Crippen LogP contribution in [0.15, 0.2) is 28.8 Å². The molecule has 0 unspecified atom stereocenters. The largest absolute Gasteiger partial charge is 0.362 e. The van der Waals surface area contributed by atoms with Gasteiger partial charge in [0.25, 0.3) is 0 Å². The number of carbonyl (C=O) groups excluding carboxylic acids is 1. The van der Waals surface area contributed by atoms with Crippen molar-refractivity contribution in [2.24, 2.45) is 0 Å². The van der Waals surface area contributed by atoms with E-state index in [0.29, 0.717) is 22.9 Å². The molecular formula is C12H14N4O2S. The van der Waals surface area contributed by atoms with Gasteiger partial charge in [0.1, 0.15) is 5.69 Å². The predicted octanol–water partition coefficient (Wildman–Crippen LogP) is 0.885. The van der Waals surface area contributed by atoms with Crippen LogP contribution in [0, 0.1) is 0 Å². The molecule has 0 bridgehead atoms. The van der Waals surface area contributed by atoms with Crippen molar-refractivity contribution in [1.29, 1.82) is 0 Å². The highest BCUT2D eigenvalue weighted by Crippen LogP contribution is 2.17. The minimum atomic E-state index is -0.237. The molecule has 100 valence electrons. The number of hydrogen-bond acceptors (Lipinski definition) is 4. The highest BCUT2D eigenvalue weighted by atomic mass is 32.1. The zero-order chi connectivity index (χ0) is 13.7. The third-order valence-electron chi connectivity index (χ3n) is 2.43. The Morgan fingerprint density at radius 1 is 1.37 bits per heavy atom. The van der Waals surface area contributed by atoms with Crippen LogP contribution in [0.25, 0.3) is 11.0 Å². The molecule has 3 N–H and O–H groups in total. The lowest BCUT2D eigenvalue weighted by atomic mass is 10.2. The van der Waals surface area contributed by atoms with E-state index < -0.39 is 0 Å². The standard InChI is InChI=1S/C12H14N4O2S/c1-2-13-12(19)15-14-11(17)7-9-8-5-3-4-6-10(8)18-16-9/h3-6H,2,7H2,1H3,(H,14,17)(H2,13,15,19). The Balaban J connectivity index is 1.94. The normalized spacial score (nSPS) is 10.2. The number of carbonyl (C=O) groups is 1. The number of rotatable bonds is 3. The Labute approximate surface area is 115 Å². The molecule has 2 aromatic rings. The number of amides is 1. The number of aromatic nitrogens is 1. The number of benzene rings is 1. The number of para-hydroxylation sites is 1. The Hall–Kier alpha value is -2.15. The molecule has 0 aliphatic heterocycles. The van der Waals surface area contributed by atoms with Crippen molar-refractivity contribution in [3.05, 3.63) is 30.0 Å². The monoisotopic (exact) mass is 278 g/mol. The Morgan fingerprint density at radius 3 is 2.95 bits per heavy atom. The van der Waals surface area contributed by atoms with Crippen LogP contribution in [0.5, 0.6) is 0 Å². The molecule has 0 spiro atoms. The molecule has 0 saturated heterocycles. The molecule has 6 nitrogen and oxygen atoms in total. The van der Waals surface area contributed by atoms with Gasteiger partial charge in [0.05, 0.1) is 6.42 Å². The van der Waals surface area contributed by atoms with E-state index in [1.807, 2.05) is 31.2 Å². The van der Waals surface area contributed by atoms with Crippen LogP contribution >= 0.6 is 12.2 Å². The predicted molar refractivity (Wildman–Crippen MR) is 75.3 cm³/mol. The molecule has 0 aliphatic rings. The van der Waals surface area contributed by atoms with Crippen LogP contribution in [0.3, 0.4) is 0 Å². The molecule has 1 amide bonds. The Bertz CT molecular complexity index is 596. The highest BCUT2D eigenvalue weighted by Gasteiger charge is 2.11. The second-order valence-corrected chi connectivity index (χ2v) is 4.24. The summed E-state index contributed by atoms with van der Waals surface area (Å²) >= 11 is 4.93. The van der Waals surface area contributed by atoms with Gasteiger partial charge in [-0.1, -0.05) is 17.3 Å². The Morgan fingerprint density at radius 2 is 2.16 bits per heavy atom. The molecule has 0 saturated carbocycles. The lowest BCUT2D eigenvalue weighted by Crippen LogP contribution is -2.47. The molecule has 7 heteroatoms. The quantitative estimate of drug-likeness (QED) is 0.571. The van der Waals surface area contributed by atoms with Crippen molar-refractivity contribution in [1.82, 2.24) is 21.3 Å². The first kappa shape index (κ1) is 13.3. The van der Waals surface area contributed by atoms with Gasteiger partial charge < -0.3 is 9.84 Å². The first-order valence-corrected chi connectivity index (χ1v) is 6.27. The summed E-state index contributed by atoms with van der Waals surface area (Å²) in [6.07, 6.45) is 0.124. The van der Waals surface area contributed by atoms with Crippen LogP contribution < -0.4 is 16.2 Å². The first-order chi connectivity index (χ1) is 9.20. The average molecular weight is 278 g/mol. The molecule has 0 aliphatic carbocycles. The molecule has 1 aromatic carbocycles. The fourth-order valence-electron chi connectivity index (χ4n) is 1.59. The van der Waals surface area contributed by atoms with E-state index in [4.69, 9.17) is 16.7 Å². The number of nitrogens with zero attached hydrogens (tertiary/aromatic N) is 1. The van der Waals surface area contributed by atoms with Crippen LogP contribution in [-0.4, -0.2) is 22.7 Å². The molecule has 1 heterocycles. The van der Waals surface area contributed by atoms with Gasteiger partial charge in [-0.3, -0.25) is 15.6 Å². The summed E-state index contributed by atoms with van der Waals surface area (Å²) in [5, 5.41) is 7.96. The summed E-state index contributed by atoms with van der Waals surface area (Å²) in [5.41, 5.74) is 6.37. The summed E-state index contributed by atoms with van der Waals surface area (Å²) in [6.45, 7) is 2.60. The van der Waals surface area contributed by atoms with Crippen molar-refractivity contribution in [3.63, 3.8) is 0 Å². The highest BCUT2D eigenvalue weighted by molar-refractivity contribution is 7.80. The number of thiocarbonyl (C=S) groups is 1. The van der Waals surface area contributed by atoms with Crippen LogP contribution in [-0.2, 0) is 11.2 Å². The molecule has 0 radical (unpaired) electrons. The number of hydrazine groups is 1. The van der Waals surface area contributed by atoms with E-state index >= 15 is 0 Å². The minimum absolute atomic E-state index is 0.124. The van der Waals surface area contributed by atoms with Crippen molar-refractivity contribution in [2.75, 3.05) is 6.54 Å². The van der Waals surface area contributed by atoms with Gasteiger partial charge in [0.15, 0.2) is 10.7 Å². The van der Waals surface area contributed by atoms with Crippen molar-refractivity contribution < 1.29 is 9.32 Å².